The monoisotopic (exact) mass is 260 g/mol. The Hall–Kier alpha value is -0.0500. The molecular weight excluding hydrogens is 247 g/mol. The van der Waals surface area contributed by atoms with Crippen molar-refractivity contribution in [1.29, 1.82) is 0 Å². The van der Waals surface area contributed by atoms with E-state index in [-0.39, 0.29) is 0 Å². The van der Waals surface area contributed by atoms with Crippen LogP contribution in [0.25, 0.3) is 0 Å². The van der Waals surface area contributed by atoms with Crippen LogP contribution in [0.15, 0.2) is 24.3 Å². The molecule has 0 aliphatic rings. The summed E-state index contributed by atoms with van der Waals surface area (Å²) < 4.78 is 1.12. The van der Waals surface area contributed by atoms with Crippen LogP contribution in [0, 0.1) is 0 Å². The van der Waals surface area contributed by atoms with Gasteiger partial charge in [0.25, 0.3) is 0 Å². The highest BCUT2D eigenvalue weighted by atomic mass is 127. The van der Waals surface area contributed by atoms with E-state index in [1.165, 1.54) is 24.0 Å². The van der Waals surface area contributed by atoms with Gasteiger partial charge in [0.1, 0.15) is 0 Å². The van der Waals surface area contributed by atoms with E-state index in [1.54, 1.807) is 0 Å². The molecule has 0 atom stereocenters. The standard InChI is InChI=1S/C10H13I/c1-2-4-9-5-3-6-10(7-9)8-11/h3,5-7H,2,4,8H2,1H3. The van der Waals surface area contributed by atoms with Crippen molar-refractivity contribution in [3.05, 3.63) is 35.4 Å². The van der Waals surface area contributed by atoms with Crippen LogP contribution in [0.5, 0.6) is 0 Å². The van der Waals surface area contributed by atoms with Crippen LogP contribution in [-0.4, -0.2) is 0 Å². The Balaban J connectivity index is 2.74. The van der Waals surface area contributed by atoms with E-state index in [9.17, 15) is 0 Å². The Morgan fingerprint density at radius 1 is 1.27 bits per heavy atom. The van der Waals surface area contributed by atoms with Gasteiger partial charge in [-0.2, -0.15) is 0 Å². The molecular formula is C10H13I. The number of hydrogen-bond acceptors (Lipinski definition) is 0. The Morgan fingerprint density at radius 2 is 2.00 bits per heavy atom. The van der Waals surface area contributed by atoms with Crippen molar-refractivity contribution in [2.75, 3.05) is 0 Å². The number of aryl methyl sites for hydroxylation is 1. The highest BCUT2D eigenvalue weighted by Gasteiger charge is 1.92. The normalized spacial score (nSPS) is 10.0. The summed E-state index contributed by atoms with van der Waals surface area (Å²) in [7, 11) is 0. The van der Waals surface area contributed by atoms with E-state index in [4.69, 9.17) is 0 Å². The molecule has 0 aromatic heterocycles. The van der Waals surface area contributed by atoms with Gasteiger partial charge in [-0.25, -0.2) is 0 Å². The molecule has 0 spiro atoms. The lowest BCUT2D eigenvalue weighted by atomic mass is 10.1. The molecule has 0 saturated carbocycles. The fourth-order valence-corrected chi connectivity index (χ4v) is 1.63. The van der Waals surface area contributed by atoms with E-state index in [1.807, 2.05) is 0 Å². The van der Waals surface area contributed by atoms with Gasteiger partial charge in [0.15, 0.2) is 0 Å². The number of rotatable bonds is 3. The highest BCUT2D eigenvalue weighted by Crippen LogP contribution is 2.10. The first-order valence-electron chi connectivity index (χ1n) is 4.00. The minimum absolute atomic E-state index is 1.12. The molecule has 0 amide bonds. The molecule has 0 unspecified atom stereocenters. The van der Waals surface area contributed by atoms with Crippen LogP contribution in [0.1, 0.15) is 24.5 Å². The average Bonchev–Trinajstić information content (AvgIpc) is 2.06. The predicted octanol–water partition coefficient (Wildman–Crippen LogP) is 3.57. The maximum atomic E-state index is 2.40. The second-order valence-electron chi connectivity index (χ2n) is 2.70. The van der Waals surface area contributed by atoms with Gasteiger partial charge in [0.2, 0.25) is 0 Å². The maximum absolute atomic E-state index is 2.40. The average molecular weight is 260 g/mol. The third kappa shape index (κ3) is 2.81. The minimum atomic E-state index is 1.12. The van der Waals surface area contributed by atoms with E-state index < -0.39 is 0 Å². The molecule has 0 fully saturated rings. The molecule has 0 N–H and O–H groups in total. The molecule has 0 aliphatic carbocycles. The molecule has 0 saturated heterocycles. The largest absolute Gasteiger partial charge is 0.0812 e. The van der Waals surface area contributed by atoms with Crippen LogP contribution < -0.4 is 0 Å². The third-order valence-electron chi connectivity index (χ3n) is 1.68. The highest BCUT2D eigenvalue weighted by molar-refractivity contribution is 14.1. The van der Waals surface area contributed by atoms with Crippen molar-refractivity contribution in [3.8, 4) is 0 Å². The summed E-state index contributed by atoms with van der Waals surface area (Å²) in [5, 5.41) is 0. The maximum Gasteiger partial charge on any atom is 0.0247 e. The summed E-state index contributed by atoms with van der Waals surface area (Å²) in [6.07, 6.45) is 2.45. The van der Waals surface area contributed by atoms with Crippen molar-refractivity contribution in [2.24, 2.45) is 0 Å². The number of alkyl halides is 1. The number of benzene rings is 1. The summed E-state index contributed by atoms with van der Waals surface area (Å²) in [4.78, 5) is 0. The molecule has 1 aromatic rings. The van der Waals surface area contributed by atoms with Gasteiger partial charge in [-0.05, 0) is 17.5 Å². The van der Waals surface area contributed by atoms with Gasteiger partial charge in [0.05, 0.1) is 0 Å². The molecule has 1 heteroatoms. The predicted molar refractivity (Wildman–Crippen MR) is 58.2 cm³/mol. The van der Waals surface area contributed by atoms with Crippen molar-refractivity contribution in [2.45, 2.75) is 24.2 Å². The summed E-state index contributed by atoms with van der Waals surface area (Å²) in [5.41, 5.74) is 2.92. The fraction of sp³-hybridized carbons (Fsp3) is 0.400. The summed E-state index contributed by atoms with van der Waals surface area (Å²) in [6.45, 7) is 2.22. The van der Waals surface area contributed by atoms with Crippen LogP contribution in [0.2, 0.25) is 0 Å². The smallest absolute Gasteiger partial charge is 0.0247 e. The second kappa shape index (κ2) is 4.75. The quantitative estimate of drug-likeness (QED) is 0.575. The molecule has 0 heterocycles. The van der Waals surface area contributed by atoms with Crippen LogP contribution >= 0.6 is 22.6 Å². The van der Waals surface area contributed by atoms with Crippen molar-refractivity contribution < 1.29 is 0 Å². The topological polar surface area (TPSA) is 0 Å². The summed E-state index contributed by atoms with van der Waals surface area (Å²) >= 11 is 2.40. The Morgan fingerprint density at radius 3 is 2.64 bits per heavy atom. The first-order chi connectivity index (χ1) is 5.36. The van der Waals surface area contributed by atoms with Crippen molar-refractivity contribution in [3.63, 3.8) is 0 Å². The van der Waals surface area contributed by atoms with Gasteiger partial charge in [-0.3, -0.25) is 0 Å². The minimum Gasteiger partial charge on any atom is -0.0812 e. The molecule has 0 nitrogen and oxygen atoms in total. The molecule has 1 aromatic carbocycles. The first kappa shape index (κ1) is 9.04. The van der Waals surface area contributed by atoms with Crippen molar-refractivity contribution >= 4 is 22.6 Å². The SMILES string of the molecule is CCCc1cccc(CI)c1. The lowest BCUT2D eigenvalue weighted by molar-refractivity contribution is 0.920. The summed E-state index contributed by atoms with van der Waals surface area (Å²) in [5.74, 6) is 0. The lowest BCUT2D eigenvalue weighted by Crippen LogP contribution is -1.84. The van der Waals surface area contributed by atoms with E-state index in [2.05, 4.69) is 53.8 Å². The van der Waals surface area contributed by atoms with Gasteiger partial charge in [0, 0.05) is 4.43 Å². The molecule has 60 valence electrons. The first-order valence-corrected chi connectivity index (χ1v) is 5.53. The zero-order valence-electron chi connectivity index (χ0n) is 6.81. The molecule has 0 bridgehead atoms. The molecule has 0 aliphatic heterocycles. The Bertz CT molecular complexity index is 218. The lowest BCUT2D eigenvalue weighted by Gasteiger charge is -2.00. The zero-order chi connectivity index (χ0) is 8.10. The molecule has 1 rings (SSSR count). The van der Waals surface area contributed by atoms with E-state index in [0.29, 0.717) is 0 Å². The van der Waals surface area contributed by atoms with E-state index in [0.717, 1.165) is 4.43 Å². The van der Waals surface area contributed by atoms with E-state index >= 15 is 0 Å². The zero-order valence-corrected chi connectivity index (χ0v) is 8.97. The van der Waals surface area contributed by atoms with Crippen LogP contribution in [0.4, 0.5) is 0 Å². The molecule has 0 radical (unpaired) electrons. The van der Waals surface area contributed by atoms with Gasteiger partial charge < -0.3 is 0 Å². The second-order valence-corrected chi connectivity index (χ2v) is 3.47. The summed E-state index contributed by atoms with van der Waals surface area (Å²) in [6, 6.07) is 8.85. The van der Waals surface area contributed by atoms with Crippen LogP contribution in [-0.2, 0) is 10.8 Å². The van der Waals surface area contributed by atoms with Gasteiger partial charge >= 0.3 is 0 Å². The number of halogens is 1. The fourth-order valence-electron chi connectivity index (χ4n) is 1.16. The van der Waals surface area contributed by atoms with Gasteiger partial charge in [-0.15, -0.1) is 0 Å². The number of hydrogen-bond donors (Lipinski definition) is 0. The Labute approximate surface area is 82.2 Å². The Kier molecular flexibility index (Phi) is 3.91. The molecule has 11 heavy (non-hydrogen) atoms. The third-order valence-corrected chi connectivity index (χ3v) is 2.57. The van der Waals surface area contributed by atoms with Crippen molar-refractivity contribution in [1.82, 2.24) is 0 Å². The van der Waals surface area contributed by atoms with Gasteiger partial charge in [-0.1, -0.05) is 60.2 Å². The van der Waals surface area contributed by atoms with Crippen LogP contribution in [0.3, 0.4) is 0 Å².